The lowest BCUT2D eigenvalue weighted by molar-refractivity contribution is -0.133. The minimum atomic E-state index is -0.607. The molecule has 0 aliphatic heterocycles. The van der Waals surface area contributed by atoms with E-state index in [4.69, 9.17) is 11.5 Å². The first-order valence-electron chi connectivity index (χ1n) is 4.16. The van der Waals surface area contributed by atoms with E-state index >= 15 is 0 Å². The molecule has 0 aliphatic rings. The summed E-state index contributed by atoms with van der Waals surface area (Å²) in [5.74, 6) is 4.55. The fourth-order valence-corrected chi connectivity index (χ4v) is 0.933. The zero-order chi connectivity index (χ0) is 11.4. The Morgan fingerprint density at radius 2 is 2.20 bits per heavy atom. The second-order valence-corrected chi connectivity index (χ2v) is 2.84. The van der Waals surface area contributed by atoms with Gasteiger partial charge in [0, 0.05) is 17.7 Å². The Labute approximate surface area is 87.4 Å². The lowest BCUT2D eigenvalue weighted by Crippen LogP contribution is -2.02. The van der Waals surface area contributed by atoms with Gasteiger partial charge in [-0.15, -0.1) is 0 Å². The molecular weight excluding hydrogens is 194 g/mol. The molecule has 1 heterocycles. The molecule has 1 rings (SSSR count). The third kappa shape index (κ3) is 2.38. The Morgan fingerprint density at radius 1 is 1.53 bits per heavy atom. The van der Waals surface area contributed by atoms with E-state index in [2.05, 4.69) is 21.6 Å². The fraction of sp³-hybridized carbons (Fsp3) is 0.200. The first-order valence-corrected chi connectivity index (χ1v) is 4.16. The number of ether oxygens (including phenoxy) is 1. The van der Waals surface area contributed by atoms with Gasteiger partial charge >= 0.3 is 5.97 Å². The largest absolute Gasteiger partial charge is 0.459 e. The van der Waals surface area contributed by atoms with Gasteiger partial charge < -0.3 is 16.2 Å². The summed E-state index contributed by atoms with van der Waals surface area (Å²) in [5, 5.41) is 0. The molecule has 0 aromatic carbocycles. The first kappa shape index (κ1) is 10.9. The molecule has 5 heteroatoms. The highest BCUT2D eigenvalue weighted by atomic mass is 16.5. The quantitative estimate of drug-likeness (QED) is 0.462. The minimum Gasteiger partial charge on any atom is -0.459 e. The zero-order valence-electron chi connectivity index (χ0n) is 8.50. The molecule has 0 atom stereocenters. The standard InChI is InChI=1S/C10H11N3O2/c1-6-7(3-4-8(14)15-2)5-13-10(12)9(6)11/h5H,11H2,1-2H3,(H2,12,13). The van der Waals surface area contributed by atoms with E-state index in [1.54, 1.807) is 6.92 Å². The van der Waals surface area contributed by atoms with Crippen LogP contribution in [0.1, 0.15) is 11.1 Å². The van der Waals surface area contributed by atoms with E-state index in [1.165, 1.54) is 13.3 Å². The van der Waals surface area contributed by atoms with Crippen LogP contribution in [0.4, 0.5) is 11.5 Å². The maximum absolute atomic E-state index is 10.8. The van der Waals surface area contributed by atoms with Crippen LogP contribution in [0.2, 0.25) is 0 Å². The first-order chi connectivity index (χ1) is 7.06. The number of aromatic nitrogens is 1. The van der Waals surface area contributed by atoms with Crippen molar-refractivity contribution in [2.45, 2.75) is 6.92 Å². The number of carbonyl (C=O) groups excluding carboxylic acids is 1. The molecule has 0 radical (unpaired) electrons. The van der Waals surface area contributed by atoms with E-state index in [0.29, 0.717) is 16.8 Å². The fourth-order valence-electron chi connectivity index (χ4n) is 0.933. The Bertz CT molecular complexity index is 458. The summed E-state index contributed by atoms with van der Waals surface area (Å²) >= 11 is 0. The topological polar surface area (TPSA) is 91.2 Å². The molecule has 5 nitrogen and oxygen atoms in total. The SMILES string of the molecule is COC(=O)C#Cc1cnc(N)c(N)c1C. The predicted octanol–water partition coefficient (Wildman–Crippen LogP) is 0.0789. The molecule has 4 N–H and O–H groups in total. The number of nitrogen functional groups attached to an aromatic ring is 2. The number of nitrogens with two attached hydrogens (primary N) is 2. The second kappa shape index (κ2) is 4.33. The van der Waals surface area contributed by atoms with Gasteiger partial charge in [-0.25, -0.2) is 9.78 Å². The van der Waals surface area contributed by atoms with Crippen LogP contribution in [0.5, 0.6) is 0 Å². The summed E-state index contributed by atoms with van der Waals surface area (Å²) in [6, 6.07) is 0. The van der Waals surface area contributed by atoms with E-state index in [1.807, 2.05) is 0 Å². The maximum Gasteiger partial charge on any atom is 0.384 e. The number of rotatable bonds is 0. The van der Waals surface area contributed by atoms with Crippen LogP contribution in [-0.2, 0) is 9.53 Å². The van der Waals surface area contributed by atoms with Crippen LogP contribution >= 0.6 is 0 Å². The molecule has 15 heavy (non-hydrogen) atoms. The average molecular weight is 205 g/mol. The van der Waals surface area contributed by atoms with Crippen molar-refractivity contribution in [2.75, 3.05) is 18.6 Å². The van der Waals surface area contributed by atoms with Crippen LogP contribution < -0.4 is 11.5 Å². The second-order valence-electron chi connectivity index (χ2n) is 2.84. The summed E-state index contributed by atoms with van der Waals surface area (Å²) in [5.41, 5.74) is 12.8. The average Bonchev–Trinajstić information content (AvgIpc) is 2.24. The summed E-state index contributed by atoms with van der Waals surface area (Å²) in [4.78, 5) is 14.6. The molecule has 0 saturated carbocycles. The van der Waals surface area contributed by atoms with Crippen LogP contribution in [0, 0.1) is 18.8 Å². The summed E-state index contributed by atoms with van der Waals surface area (Å²) in [7, 11) is 1.26. The van der Waals surface area contributed by atoms with Gasteiger partial charge in [0.1, 0.15) is 5.82 Å². The molecule has 0 aliphatic carbocycles. The number of hydrogen-bond donors (Lipinski definition) is 2. The van der Waals surface area contributed by atoms with Crippen molar-refractivity contribution in [2.24, 2.45) is 0 Å². The Morgan fingerprint density at radius 3 is 2.80 bits per heavy atom. The van der Waals surface area contributed by atoms with Gasteiger partial charge in [0.25, 0.3) is 0 Å². The van der Waals surface area contributed by atoms with Crippen LogP contribution in [0.15, 0.2) is 6.20 Å². The zero-order valence-corrected chi connectivity index (χ0v) is 8.50. The van der Waals surface area contributed by atoms with Crippen molar-refractivity contribution in [3.05, 3.63) is 17.3 Å². The molecule has 0 unspecified atom stereocenters. The van der Waals surface area contributed by atoms with Gasteiger partial charge in [0.15, 0.2) is 0 Å². The van der Waals surface area contributed by atoms with Crippen molar-refractivity contribution in [1.82, 2.24) is 4.98 Å². The summed E-state index contributed by atoms with van der Waals surface area (Å²) in [6.07, 6.45) is 1.47. The number of esters is 1. The van der Waals surface area contributed by atoms with Crippen LogP contribution in [0.3, 0.4) is 0 Å². The summed E-state index contributed by atoms with van der Waals surface area (Å²) in [6.45, 7) is 1.76. The molecule has 0 saturated heterocycles. The van der Waals surface area contributed by atoms with Gasteiger partial charge in [-0.05, 0) is 12.5 Å². The maximum atomic E-state index is 10.8. The summed E-state index contributed by atoms with van der Waals surface area (Å²) < 4.78 is 4.38. The molecule has 0 bridgehead atoms. The van der Waals surface area contributed by atoms with Gasteiger partial charge in [-0.3, -0.25) is 0 Å². The Kier molecular flexibility index (Phi) is 3.13. The van der Waals surface area contributed by atoms with E-state index < -0.39 is 5.97 Å². The number of methoxy groups -OCH3 is 1. The highest BCUT2D eigenvalue weighted by Gasteiger charge is 2.04. The van der Waals surface area contributed by atoms with Crippen LogP contribution in [0.25, 0.3) is 0 Å². The van der Waals surface area contributed by atoms with E-state index in [9.17, 15) is 4.79 Å². The van der Waals surface area contributed by atoms with E-state index in [-0.39, 0.29) is 5.82 Å². The van der Waals surface area contributed by atoms with Gasteiger partial charge in [0.05, 0.1) is 12.8 Å². The minimum absolute atomic E-state index is 0.260. The smallest absolute Gasteiger partial charge is 0.384 e. The predicted molar refractivity (Wildman–Crippen MR) is 56.7 cm³/mol. The van der Waals surface area contributed by atoms with Gasteiger partial charge in [-0.2, -0.15) is 0 Å². The molecule has 0 amide bonds. The van der Waals surface area contributed by atoms with Crippen molar-refractivity contribution >= 4 is 17.5 Å². The monoisotopic (exact) mass is 205 g/mol. The number of carbonyl (C=O) groups is 1. The lowest BCUT2D eigenvalue weighted by atomic mass is 10.1. The van der Waals surface area contributed by atoms with Crippen molar-refractivity contribution in [3.8, 4) is 11.8 Å². The molecule has 0 fully saturated rings. The lowest BCUT2D eigenvalue weighted by Gasteiger charge is -2.04. The van der Waals surface area contributed by atoms with Crippen LogP contribution in [-0.4, -0.2) is 18.1 Å². The van der Waals surface area contributed by atoms with Crippen molar-refractivity contribution in [1.29, 1.82) is 0 Å². The Balaban J connectivity index is 3.10. The van der Waals surface area contributed by atoms with Crippen molar-refractivity contribution < 1.29 is 9.53 Å². The normalized spacial score (nSPS) is 8.93. The third-order valence-electron chi connectivity index (χ3n) is 1.90. The molecule has 0 spiro atoms. The van der Waals surface area contributed by atoms with E-state index in [0.717, 1.165) is 0 Å². The molecule has 1 aromatic rings. The number of pyridine rings is 1. The number of nitrogens with zero attached hydrogens (tertiary/aromatic N) is 1. The van der Waals surface area contributed by atoms with Gasteiger partial charge in [0.2, 0.25) is 0 Å². The van der Waals surface area contributed by atoms with Gasteiger partial charge in [-0.1, -0.05) is 5.92 Å². The number of anilines is 2. The molecule has 78 valence electrons. The highest BCUT2D eigenvalue weighted by molar-refractivity contribution is 5.89. The third-order valence-corrected chi connectivity index (χ3v) is 1.90. The molecule has 1 aromatic heterocycles. The molecular formula is C10H11N3O2. The Hall–Kier alpha value is -2.22. The van der Waals surface area contributed by atoms with Crippen molar-refractivity contribution in [3.63, 3.8) is 0 Å². The highest BCUT2D eigenvalue weighted by Crippen LogP contribution is 2.19. The number of hydrogen-bond acceptors (Lipinski definition) is 5.